The predicted octanol–water partition coefficient (Wildman–Crippen LogP) is 2.81. The highest BCUT2D eigenvalue weighted by molar-refractivity contribution is 14.1. The molecule has 0 saturated carbocycles. The van der Waals surface area contributed by atoms with Gasteiger partial charge in [0.2, 0.25) is 0 Å². The predicted molar refractivity (Wildman–Crippen MR) is 73.7 cm³/mol. The molecule has 0 bridgehead atoms. The number of rotatable bonds is 2. The summed E-state index contributed by atoms with van der Waals surface area (Å²) in [6.07, 6.45) is 1.83. The first kappa shape index (κ1) is 11.4. The Morgan fingerprint density at radius 2 is 1.88 bits per heavy atom. The summed E-state index contributed by atoms with van der Waals surface area (Å²) in [5.74, 6) is 0. The van der Waals surface area contributed by atoms with Crippen molar-refractivity contribution in [3.05, 3.63) is 67.6 Å². The van der Waals surface area contributed by atoms with Crippen molar-refractivity contribution in [3.63, 3.8) is 0 Å². The maximum atomic E-state index is 11.8. The second kappa shape index (κ2) is 4.82. The molecule has 0 spiro atoms. The molecular formula is C13H12INO. The van der Waals surface area contributed by atoms with Gasteiger partial charge in [-0.05, 0) is 53.3 Å². The average molecular weight is 325 g/mol. The van der Waals surface area contributed by atoms with E-state index in [4.69, 9.17) is 0 Å². The monoisotopic (exact) mass is 325 g/mol. The van der Waals surface area contributed by atoms with Crippen molar-refractivity contribution in [3.8, 4) is 0 Å². The van der Waals surface area contributed by atoms with Crippen molar-refractivity contribution < 1.29 is 0 Å². The van der Waals surface area contributed by atoms with Crippen LogP contribution in [0.15, 0.2) is 47.4 Å². The third kappa shape index (κ3) is 2.52. The van der Waals surface area contributed by atoms with Crippen LogP contribution in [0.25, 0.3) is 0 Å². The van der Waals surface area contributed by atoms with Crippen LogP contribution >= 0.6 is 22.6 Å². The number of aromatic nitrogens is 1. The van der Waals surface area contributed by atoms with Crippen LogP contribution < -0.4 is 5.56 Å². The highest BCUT2D eigenvalue weighted by Gasteiger charge is 1.99. The van der Waals surface area contributed by atoms with E-state index >= 15 is 0 Å². The first-order valence-corrected chi connectivity index (χ1v) is 6.15. The summed E-state index contributed by atoms with van der Waals surface area (Å²) in [6.45, 7) is 2.48. The Morgan fingerprint density at radius 3 is 2.56 bits per heavy atom. The minimum absolute atomic E-state index is 0.0843. The molecule has 82 valence electrons. The van der Waals surface area contributed by atoms with Crippen molar-refractivity contribution in [1.82, 2.24) is 4.57 Å². The highest BCUT2D eigenvalue weighted by atomic mass is 127. The molecule has 0 aliphatic heterocycles. The Morgan fingerprint density at radius 1 is 1.19 bits per heavy atom. The summed E-state index contributed by atoms with van der Waals surface area (Å²) in [5, 5.41) is 0. The lowest BCUT2D eigenvalue weighted by Gasteiger charge is -2.06. The van der Waals surface area contributed by atoms with Gasteiger partial charge in [-0.2, -0.15) is 0 Å². The largest absolute Gasteiger partial charge is 0.311 e. The van der Waals surface area contributed by atoms with Crippen LogP contribution in [0.5, 0.6) is 0 Å². The molecule has 0 unspecified atom stereocenters. The number of aryl methyl sites for hydroxylation is 1. The van der Waals surface area contributed by atoms with Gasteiger partial charge in [0, 0.05) is 15.3 Å². The van der Waals surface area contributed by atoms with Gasteiger partial charge in [-0.3, -0.25) is 4.79 Å². The van der Waals surface area contributed by atoms with Crippen LogP contribution in [0.2, 0.25) is 0 Å². The van der Waals surface area contributed by atoms with Gasteiger partial charge in [-0.1, -0.05) is 18.2 Å². The smallest absolute Gasteiger partial charge is 0.253 e. The Bertz CT molecular complexity index is 543. The fourth-order valence-corrected chi connectivity index (χ4v) is 1.93. The summed E-state index contributed by atoms with van der Waals surface area (Å²) in [5.41, 5.74) is 2.02. The van der Waals surface area contributed by atoms with E-state index in [1.807, 2.05) is 25.3 Å². The Kier molecular flexibility index (Phi) is 3.43. The fraction of sp³-hybridized carbons (Fsp3) is 0.154. The zero-order chi connectivity index (χ0) is 11.5. The maximum absolute atomic E-state index is 11.8. The third-order valence-corrected chi connectivity index (χ3v) is 3.20. The second-order valence-corrected chi connectivity index (χ2v) is 5.00. The quantitative estimate of drug-likeness (QED) is 0.779. The van der Waals surface area contributed by atoms with Gasteiger partial charge in [0.1, 0.15) is 0 Å². The molecule has 0 saturated heterocycles. The standard InChI is InChI=1S/C13H12INO/c1-10-3-2-8-15(13(10)16)9-11-4-6-12(14)7-5-11/h2-8H,9H2,1H3. The lowest BCUT2D eigenvalue weighted by atomic mass is 10.2. The molecule has 3 heteroatoms. The zero-order valence-corrected chi connectivity index (χ0v) is 11.1. The molecule has 0 amide bonds. The van der Waals surface area contributed by atoms with E-state index in [0.717, 1.165) is 11.1 Å². The summed E-state index contributed by atoms with van der Waals surface area (Å²) >= 11 is 2.27. The lowest BCUT2D eigenvalue weighted by Crippen LogP contribution is -2.21. The van der Waals surface area contributed by atoms with Gasteiger partial charge < -0.3 is 4.57 Å². The normalized spacial score (nSPS) is 10.4. The summed E-state index contributed by atoms with van der Waals surface area (Å²) in [6, 6.07) is 12.0. The van der Waals surface area contributed by atoms with Crippen molar-refractivity contribution >= 4 is 22.6 Å². The second-order valence-electron chi connectivity index (χ2n) is 3.75. The van der Waals surface area contributed by atoms with Crippen LogP contribution in [0.4, 0.5) is 0 Å². The topological polar surface area (TPSA) is 22.0 Å². The SMILES string of the molecule is Cc1cccn(Cc2ccc(I)cc2)c1=O. The molecule has 0 radical (unpaired) electrons. The first-order valence-electron chi connectivity index (χ1n) is 5.07. The number of benzene rings is 1. The Balaban J connectivity index is 2.31. The van der Waals surface area contributed by atoms with Gasteiger partial charge in [0.15, 0.2) is 0 Å². The van der Waals surface area contributed by atoms with Crippen LogP contribution in [-0.4, -0.2) is 4.57 Å². The molecule has 1 heterocycles. The van der Waals surface area contributed by atoms with Gasteiger partial charge in [-0.25, -0.2) is 0 Å². The third-order valence-electron chi connectivity index (χ3n) is 2.48. The van der Waals surface area contributed by atoms with E-state index < -0.39 is 0 Å². The van der Waals surface area contributed by atoms with E-state index in [0.29, 0.717) is 6.54 Å². The summed E-state index contributed by atoms with van der Waals surface area (Å²) in [4.78, 5) is 11.8. The Hall–Kier alpha value is -1.10. The average Bonchev–Trinajstić information content (AvgIpc) is 2.28. The molecular weight excluding hydrogens is 313 g/mol. The minimum Gasteiger partial charge on any atom is -0.311 e. The molecule has 16 heavy (non-hydrogen) atoms. The van der Waals surface area contributed by atoms with E-state index in [9.17, 15) is 4.79 Å². The van der Waals surface area contributed by atoms with E-state index in [2.05, 4.69) is 46.9 Å². The van der Waals surface area contributed by atoms with Gasteiger partial charge >= 0.3 is 0 Å². The van der Waals surface area contributed by atoms with Crippen LogP contribution in [0.1, 0.15) is 11.1 Å². The number of halogens is 1. The van der Waals surface area contributed by atoms with Gasteiger partial charge in [-0.15, -0.1) is 0 Å². The lowest BCUT2D eigenvalue weighted by molar-refractivity contribution is 0.752. The zero-order valence-electron chi connectivity index (χ0n) is 8.98. The molecule has 1 aromatic carbocycles. The number of hydrogen-bond acceptors (Lipinski definition) is 1. The fourth-order valence-electron chi connectivity index (χ4n) is 1.57. The highest BCUT2D eigenvalue weighted by Crippen LogP contribution is 2.07. The molecule has 0 N–H and O–H groups in total. The number of hydrogen-bond donors (Lipinski definition) is 0. The van der Waals surface area contributed by atoms with Crippen molar-refractivity contribution in [2.45, 2.75) is 13.5 Å². The van der Waals surface area contributed by atoms with Gasteiger partial charge in [0.05, 0.1) is 6.54 Å². The molecule has 0 aliphatic rings. The first-order chi connectivity index (χ1) is 7.66. The Labute approximate surface area is 108 Å². The van der Waals surface area contributed by atoms with E-state index in [-0.39, 0.29) is 5.56 Å². The molecule has 2 aromatic rings. The maximum Gasteiger partial charge on any atom is 0.253 e. The van der Waals surface area contributed by atoms with Crippen molar-refractivity contribution in [2.75, 3.05) is 0 Å². The summed E-state index contributed by atoms with van der Waals surface area (Å²) < 4.78 is 2.94. The molecule has 0 fully saturated rings. The van der Waals surface area contributed by atoms with E-state index in [1.54, 1.807) is 4.57 Å². The molecule has 0 atom stereocenters. The molecule has 2 rings (SSSR count). The number of nitrogens with zero attached hydrogens (tertiary/aromatic N) is 1. The minimum atomic E-state index is 0.0843. The van der Waals surface area contributed by atoms with Gasteiger partial charge in [0.25, 0.3) is 5.56 Å². The molecule has 2 nitrogen and oxygen atoms in total. The molecule has 0 aliphatic carbocycles. The summed E-state index contributed by atoms with van der Waals surface area (Å²) in [7, 11) is 0. The van der Waals surface area contributed by atoms with E-state index in [1.165, 1.54) is 3.57 Å². The van der Waals surface area contributed by atoms with Crippen molar-refractivity contribution in [1.29, 1.82) is 0 Å². The van der Waals surface area contributed by atoms with Crippen LogP contribution in [0, 0.1) is 10.5 Å². The van der Waals surface area contributed by atoms with Crippen LogP contribution in [0.3, 0.4) is 0 Å². The molecule has 1 aromatic heterocycles. The number of pyridine rings is 1. The van der Waals surface area contributed by atoms with Crippen molar-refractivity contribution in [2.24, 2.45) is 0 Å². The van der Waals surface area contributed by atoms with Crippen LogP contribution in [-0.2, 0) is 6.54 Å².